The Morgan fingerprint density at radius 3 is 2.55 bits per heavy atom. The van der Waals surface area contributed by atoms with Gasteiger partial charge in [0.05, 0.1) is 11.6 Å². The molecule has 1 atom stereocenters. The van der Waals surface area contributed by atoms with Crippen molar-refractivity contribution in [2.45, 2.75) is 58.1 Å². The van der Waals surface area contributed by atoms with E-state index in [0.29, 0.717) is 0 Å². The van der Waals surface area contributed by atoms with Crippen molar-refractivity contribution in [3.05, 3.63) is 35.1 Å². The zero-order valence-corrected chi connectivity index (χ0v) is 12.8. The van der Waals surface area contributed by atoms with Crippen LogP contribution in [0, 0.1) is 12.7 Å². The molecule has 1 fully saturated rings. The summed E-state index contributed by atoms with van der Waals surface area (Å²) in [5.74, 6) is -0.168. The Balaban J connectivity index is 2.38. The minimum Gasteiger partial charge on any atom is -0.373 e. The highest BCUT2D eigenvalue weighted by molar-refractivity contribution is 5.32. The van der Waals surface area contributed by atoms with Crippen LogP contribution in [0.5, 0.6) is 0 Å². The molecular formula is C17H26FNO. The molecular weight excluding hydrogens is 253 g/mol. The van der Waals surface area contributed by atoms with Gasteiger partial charge in [-0.05, 0) is 56.5 Å². The van der Waals surface area contributed by atoms with Gasteiger partial charge in [-0.15, -0.1) is 0 Å². The summed E-state index contributed by atoms with van der Waals surface area (Å²) in [5, 5.41) is 3.58. The van der Waals surface area contributed by atoms with E-state index in [9.17, 15) is 4.39 Å². The fourth-order valence-electron chi connectivity index (χ4n) is 3.52. The van der Waals surface area contributed by atoms with Crippen LogP contribution in [0.15, 0.2) is 18.2 Å². The van der Waals surface area contributed by atoms with Crippen molar-refractivity contribution in [1.29, 1.82) is 0 Å². The average molecular weight is 279 g/mol. The topological polar surface area (TPSA) is 21.3 Å². The molecule has 0 bridgehead atoms. The number of benzene rings is 1. The highest BCUT2D eigenvalue weighted by atomic mass is 19.1. The lowest BCUT2D eigenvalue weighted by Gasteiger charge is -2.39. The SMILES string of the molecule is CCNC(c1ccc(F)cc1C)C1(OCC)CCCC1. The molecule has 0 saturated heterocycles. The third kappa shape index (κ3) is 3.04. The molecule has 0 aliphatic heterocycles. The number of likely N-dealkylation sites (N-methyl/N-ethyl adjacent to an activating group) is 1. The van der Waals surface area contributed by atoms with Crippen LogP contribution in [0.4, 0.5) is 4.39 Å². The molecule has 0 aromatic heterocycles. The first-order valence-electron chi connectivity index (χ1n) is 7.76. The maximum atomic E-state index is 13.4. The molecule has 3 heteroatoms. The monoisotopic (exact) mass is 279 g/mol. The van der Waals surface area contributed by atoms with E-state index in [1.165, 1.54) is 18.4 Å². The van der Waals surface area contributed by atoms with Gasteiger partial charge in [0.25, 0.3) is 0 Å². The van der Waals surface area contributed by atoms with Crippen LogP contribution in [0.2, 0.25) is 0 Å². The van der Waals surface area contributed by atoms with Crippen molar-refractivity contribution in [2.24, 2.45) is 0 Å². The quantitative estimate of drug-likeness (QED) is 0.845. The van der Waals surface area contributed by atoms with Gasteiger partial charge in [0.15, 0.2) is 0 Å². The molecule has 0 radical (unpaired) electrons. The maximum Gasteiger partial charge on any atom is 0.123 e. The van der Waals surface area contributed by atoms with Gasteiger partial charge < -0.3 is 10.1 Å². The van der Waals surface area contributed by atoms with Crippen LogP contribution in [0.25, 0.3) is 0 Å². The predicted molar refractivity (Wildman–Crippen MR) is 80.4 cm³/mol. The van der Waals surface area contributed by atoms with Crippen LogP contribution < -0.4 is 5.32 Å². The van der Waals surface area contributed by atoms with Crippen molar-refractivity contribution in [3.63, 3.8) is 0 Å². The van der Waals surface area contributed by atoms with Gasteiger partial charge in [0.1, 0.15) is 5.82 Å². The first kappa shape index (κ1) is 15.5. The Morgan fingerprint density at radius 2 is 2.00 bits per heavy atom. The number of nitrogens with one attached hydrogen (secondary N) is 1. The Hall–Kier alpha value is -0.930. The second kappa shape index (κ2) is 6.68. The van der Waals surface area contributed by atoms with E-state index >= 15 is 0 Å². The van der Waals surface area contributed by atoms with E-state index in [-0.39, 0.29) is 17.5 Å². The zero-order valence-electron chi connectivity index (χ0n) is 12.8. The van der Waals surface area contributed by atoms with E-state index in [1.807, 2.05) is 13.0 Å². The molecule has 2 rings (SSSR count). The second-order valence-electron chi connectivity index (χ2n) is 5.70. The number of aryl methyl sites for hydroxylation is 1. The summed E-state index contributed by atoms with van der Waals surface area (Å²) in [5.41, 5.74) is 2.04. The van der Waals surface area contributed by atoms with Crippen LogP contribution in [-0.4, -0.2) is 18.8 Å². The lowest BCUT2D eigenvalue weighted by molar-refractivity contribution is -0.0624. The third-order valence-corrected chi connectivity index (χ3v) is 4.36. The normalized spacial score (nSPS) is 19.2. The smallest absolute Gasteiger partial charge is 0.123 e. The molecule has 1 saturated carbocycles. The van der Waals surface area contributed by atoms with Gasteiger partial charge in [-0.3, -0.25) is 0 Å². The van der Waals surface area contributed by atoms with Crippen molar-refractivity contribution < 1.29 is 9.13 Å². The number of halogens is 1. The predicted octanol–water partition coefficient (Wildman–Crippen LogP) is 4.13. The average Bonchev–Trinajstić information content (AvgIpc) is 2.87. The van der Waals surface area contributed by atoms with Crippen molar-refractivity contribution in [2.75, 3.05) is 13.2 Å². The number of ether oxygens (including phenoxy) is 1. The fraction of sp³-hybridized carbons (Fsp3) is 0.647. The molecule has 1 aliphatic rings. The van der Waals surface area contributed by atoms with Crippen LogP contribution >= 0.6 is 0 Å². The van der Waals surface area contributed by atoms with Crippen molar-refractivity contribution in [3.8, 4) is 0 Å². The molecule has 1 aromatic rings. The highest BCUT2D eigenvalue weighted by Gasteiger charge is 2.43. The van der Waals surface area contributed by atoms with E-state index in [0.717, 1.165) is 31.6 Å². The Kier molecular flexibility index (Phi) is 5.17. The molecule has 1 aliphatic carbocycles. The van der Waals surface area contributed by atoms with E-state index in [4.69, 9.17) is 4.74 Å². The summed E-state index contributed by atoms with van der Waals surface area (Å²) >= 11 is 0. The minimum atomic E-state index is -0.168. The van der Waals surface area contributed by atoms with Crippen LogP contribution in [0.3, 0.4) is 0 Å². The van der Waals surface area contributed by atoms with Gasteiger partial charge in [-0.1, -0.05) is 25.8 Å². The van der Waals surface area contributed by atoms with Gasteiger partial charge >= 0.3 is 0 Å². The van der Waals surface area contributed by atoms with Gasteiger partial charge in [-0.25, -0.2) is 4.39 Å². The summed E-state index contributed by atoms with van der Waals surface area (Å²) in [6.45, 7) is 7.76. The van der Waals surface area contributed by atoms with Crippen molar-refractivity contribution in [1.82, 2.24) is 5.32 Å². The minimum absolute atomic E-state index is 0.132. The van der Waals surface area contributed by atoms with Crippen LogP contribution in [-0.2, 0) is 4.74 Å². The second-order valence-corrected chi connectivity index (χ2v) is 5.70. The Bertz CT molecular complexity index is 441. The van der Waals surface area contributed by atoms with Crippen LogP contribution in [0.1, 0.15) is 56.7 Å². The van der Waals surface area contributed by atoms with Crippen molar-refractivity contribution >= 4 is 0 Å². The van der Waals surface area contributed by atoms with Gasteiger partial charge in [-0.2, -0.15) is 0 Å². The molecule has 1 unspecified atom stereocenters. The molecule has 0 spiro atoms. The molecule has 112 valence electrons. The summed E-state index contributed by atoms with van der Waals surface area (Å²) in [6.07, 6.45) is 4.58. The Morgan fingerprint density at radius 1 is 1.30 bits per heavy atom. The van der Waals surface area contributed by atoms with Gasteiger partial charge in [0, 0.05) is 6.61 Å². The molecule has 1 N–H and O–H groups in total. The lowest BCUT2D eigenvalue weighted by Crippen LogP contribution is -2.44. The molecule has 2 nitrogen and oxygen atoms in total. The molecule has 20 heavy (non-hydrogen) atoms. The summed E-state index contributed by atoms with van der Waals surface area (Å²) < 4.78 is 19.6. The standard InChI is InChI=1S/C17H26FNO/c1-4-19-16(15-9-8-14(18)12-13(15)3)17(20-5-2)10-6-7-11-17/h8-9,12,16,19H,4-7,10-11H2,1-3H3. The van der Waals surface area contributed by atoms with E-state index in [2.05, 4.69) is 19.2 Å². The van der Waals surface area contributed by atoms with Gasteiger partial charge in [0.2, 0.25) is 0 Å². The van der Waals surface area contributed by atoms with E-state index < -0.39 is 0 Å². The summed E-state index contributed by atoms with van der Waals surface area (Å²) in [7, 11) is 0. The maximum absolute atomic E-state index is 13.4. The first-order valence-corrected chi connectivity index (χ1v) is 7.76. The third-order valence-electron chi connectivity index (χ3n) is 4.36. The fourth-order valence-corrected chi connectivity index (χ4v) is 3.52. The molecule has 0 amide bonds. The zero-order chi connectivity index (χ0) is 14.6. The molecule has 0 heterocycles. The largest absolute Gasteiger partial charge is 0.373 e. The number of rotatable bonds is 6. The summed E-state index contributed by atoms with van der Waals surface area (Å²) in [6, 6.07) is 5.24. The number of hydrogen-bond donors (Lipinski definition) is 1. The Labute approximate surface area is 121 Å². The lowest BCUT2D eigenvalue weighted by atomic mass is 9.84. The van der Waals surface area contributed by atoms with E-state index in [1.54, 1.807) is 12.1 Å². The summed E-state index contributed by atoms with van der Waals surface area (Å²) in [4.78, 5) is 0. The first-order chi connectivity index (χ1) is 9.63. The molecule has 1 aromatic carbocycles. The number of hydrogen-bond acceptors (Lipinski definition) is 2. The highest BCUT2D eigenvalue weighted by Crippen LogP contribution is 2.43.